The molecular weight excluding hydrogens is 236 g/mol. The van der Waals surface area contributed by atoms with E-state index in [2.05, 4.69) is 35.3 Å². The third-order valence-corrected chi connectivity index (χ3v) is 3.16. The van der Waals surface area contributed by atoms with Crippen molar-refractivity contribution in [2.75, 3.05) is 26.7 Å². The molecule has 0 spiro atoms. The summed E-state index contributed by atoms with van der Waals surface area (Å²) in [6.07, 6.45) is 0. The van der Waals surface area contributed by atoms with Crippen LogP contribution in [0.2, 0.25) is 0 Å². The molecule has 0 saturated carbocycles. The predicted molar refractivity (Wildman–Crippen MR) is 73.0 cm³/mol. The van der Waals surface area contributed by atoms with Gasteiger partial charge in [0.1, 0.15) is 5.75 Å². The van der Waals surface area contributed by atoms with Gasteiger partial charge in [-0.15, -0.1) is 12.4 Å². The monoisotopic (exact) mass is 256 g/mol. The van der Waals surface area contributed by atoms with Crippen LogP contribution in [0.4, 0.5) is 0 Å². The summed E-state index contributed by atoms with van der Waals surface area (Å²) in [5.41, 5.74) is 1.33. The van der Waals surface area contributed by atoms with Crippen molar-refractivity contribution in [1.82, 2.24) is 10.2 Å². The summed E-state index contributed by atoms with van der Waals surface area (Å²) in [6, 6.07) is 8.94. The summed E-state index contributed by atoms with van der Waals surface area (Å²) >= 11 is 0. The van der Waals surface area contributed by atoms with Crippen molar-refractivity contribution in [2.24, 2.45) is 0 Å². The number of ether oxygens (including phenoxy) is 1. The van der Waals surface area contributed by atoms with Crippen LogP contribution in [0, 0.1) is 0 Å². The summed E-state index contributed by atoms with van der Waals surface area (Å²) in [7, 11) is 1.71. The van der Waals surface area contributed by atoms with Crippen LogP contribution < -0.4 is 10.1 Å². The van der Waals surface area contributed by atoms with Crippen LogP contribution in [0.15, 0.2) is 24.3 Å². The number of nitrogens with zero attached hydrogens (tertiary/aromatic N) is 1. The minimum Gasteiger partial charge on any atom is -0.497 e. The van der Waals surface area contributed by atoms with Gasteiger partial charge in [-0.25, -0.2) is 0 Å². The highest BCUT2D eigenvalue weighted by Gasteiger charge is 2.17. The number of piperazine rings is 1. The molecule has 0 aliphatic carbocycles. The maximum Gasteiger partial charge on any atom is 0.119 e. The molecule has 1 saturated heterocycles. The van der Waals surface area contributed by atoms with Crippen molar-refractivity contribution in [3.63, 3.8) is 0 Å². The number of hydrogen-bond donors (Lipinski definition) is 1. The standard InChI is InChI=1S/C13H20N2O.ClH/c1-11-9-14-6-7-15(11)10-12-4-3-5-13(8-12)16-2;/h3-5,8,11,14H,6-7,9-10H2,1-2H3;1H/t11-;/m0./s1. The predicted octanol–water partition coefficient (Wildman–Crippen LogP) is 1.91. The molecule has 1 heterocycles. The number of methoxy groups -OCH3 is 1. The van der Waals surface area contributed by atoms with Crippen molar-refractivity contribution >= 4 is 12.4 Å². The fourth-order valence-electron chi connectivity index (χ4n) is 2.12. The third kappa shape index (κ3) is 3.87. The highest BCUT2D eigenvalue weighted by Crippen LogP contribution is 2.15. The molecule has 1 fully saturated rings. The molecule has 1 aromatic rings. The molecule has 2 rings (SSSR count). The maximum atomic E-state index is 5.24. The lowest BCUT2D eigenvalue weighted by atomic mass is 10.1. The van der Waals surface area contributed by atoms with Crippen molar-refractivity contribution in [2.45, 2.75) is 19.5 Å². The van der Waals surface area contributed by atoms with E-state index in [0.29, 0.717) is 6.04 Å². The number of rotatable bonds is 3. The van der Waals surface area contributed by atoms with Crippen LogP contribution in [-0.4, -0.2) is 37.7 Å². The Kier molecular flexibility index (Phi) is 5.75. The second kappa shape index (κ2) is 6.84. The Labute approximate surface area is 110 Å². The zero-order valence-corrected chi connectivity index (χ0v) is 11.3. The molecule has 0 bridgehead atoms. The second-order valence-corrected chi connectivity index (χ2v) is 4.38. The van der Waals surface area contributed by atoms with E-state index in [0.717, 1.165) is 31.9 Å². The van der Waals surface area contributed by atoms with Gasteiger partial charge in [-0.05, 0) is 24.6 Å². The van der Waals surface area contributed by atoms with E-state index in [1.54, 1.807) is 7.11 Å². The summed E-state index contributed by atoms with van der Waals surface area (Å²) < 4.78 is 5.24. The van der Waals surface area contributed by atoms with Crippen molar-refractivity contribution in [1.29, 1.82) is 0 Å². The first-order valence-corrected chi connectivity index (χ1v) is 5.87. The first-order valence-electron chi connectivity index (χ1n) is 5.87. The van der Waals surface area contributed by atoms with Gasteiger partial charge in [0.05, 0.1) is 7.11 Å². The molecule has 3 nitrogen and oxygen atoms in total. The van der Waals surface area contributed by atoms with Crippen LogP contribution in [0.25, 0.3) is 0 Å². The van der Waals surface area contributed by atoms with Gasteiger partial charge in [-0.2, -0.15) is 0 Å². The smallest absolute Gasteiger partial charge is 0.119 e. The number of nitrogens with one attached hydrogen (secondary N) is 1. The summed E-state index contributed by atoms with van der Waals surface area (Å²) in [4.78, 5) is 2.51. The third-order valence-electron chi connectivity index (χ3n) is 3.16. The van der Waals surface area contributed by atoms with E-state index in [9.17, 15) is 0 Å². The number of benzene rings is 1. The lowest BCUT2D eigenvalue weighted by Crippen LogP contribution is -2.49. The van der Waals surface area contributed by atoms with Gasteiger partial charge in [0, 0.05) is 32.2 Å². The zero-order chi connectivity index (χ0) is 11.4. The molecule has 1 aliphatic rings. The molecule has 4 heteroatoms. The van der Waals surface area contributed by atoms with Gasteiger partial charge in [-0.1, -0.05) is 12.1 Å². The van der Waals surface area contributed by atoms with Crippen LogP contribution >= 0.6 is 12.4 Å². The average Bonchev–Trinajstić information content (AvgIpc) is 2.32. The minimum atomic E-state index is 0. The van der Waals surface area contributed by atoms with Gasteiger partial charge < -0.3 is 10.1 Å². The largest absolute Gasteiger partial charge is 0.497 e. The SMILES string of the molecule is COc1cccc(CN2CCNC[C@@H]2C)c1.Cl. The molecule has 0 radical (unpaired) electrons. The van der Waals surface area contributed by atoms with Crippen molar-refractivity contribution in [3.8, 4) is 5.75 Å². The van der Waals surface area contributed by atoms with Crippen LogP contribution in [0.1, 0.15) is 12.5 Å². The molecule has 17 heavy (non-hydrogen) atoms. The molecule has 0 unspecified atom stereocenters. The normalized spacial score (nSPS) is 20.7. The lowest BCUT2D eigenvalue weighted by Gasteiger charge is -2.33. The molecule has 1 atom stereocenters. The topological polar surface area (TPSA) is 24.5 Å². The first-order chi connectivity index (χ1) is 7.79. The molecular formula is C13H21ClN2O. The highest BCUT2D eigenvalue weighted by atomic mass is 35.5. The van der Waals surface area contributed by atoms with E-state index in [-0.39, 0.29) is 12.4 Å². The van der Waals surface area contributed by atoms with Crippen LogP contribution in [-0.2, 0) is 6.54 Å². The van der Waals surface area contributed by atoms with E-state index < -0.39 is 0 Å². The Morgan fingerprint density at radius 2 is 2.29 bits per heavy atom. The van der Waals surface area contributed by atoms with Crippen LogP contribution in [0.3, 0.4) is 0 Å². The minimum absolute atomic E-state index is 0. The van der Waals surface area contributed by atoms with E-state index in [1.165, 1.54) is 5.56 Å². The fraction of sp³-hybridized carbons (Fsp3) is 0.538. The van der Waals surface area contributed by atoms with E-state index in [1.807, 2.05) is 6.07 Å². The molecule has 1 N–H and O–H groups in total. The van der Waals surface area contributed by atoms with E-state index in [4.69, 9.17) is 4.74 Å². The fourth-order valence-corrected chi connectivity index (χ4v) is 2.12. The van der Waals surface area contributed by atoms with Gasteiger partial charge in [-0.3, -0.25) is 4.90 Å². The lowest BCUT2D eigenvalue weighted by molar-refractivity contribution is 0.165. The van der Waals surface area contributed by atoms with Crippen LogP contribution in [0.5, 0.6) is 5.75 Å². The number of halogens is 1. The Balaban J connectivity index is 0.00000144. The van der Waals surface area contributed by atoms with E-state index >= 15 is 0 Å². The summed E-state index contributed by atoms with van der Waals surface area (Å²) in [5, 5.41) is 3.41. The Hall–Kier alpha value is -0.770. The average molecular weight is 257 g/mol. The second-order valence-electron chi connectivity index (χ2n) is 4.38. The maximum absolute atomic E-state index is 5.24. The molecule has 0 amide bonds. The van der Waals surface area contributed by atoms with Gasteiger partial charge in [0.2, 0.25) is 0 Å². The molecule has 0 aromatic heterocycles. The summed E-state index contributed by atoms with van der Waals surface area (Å²) in [6.45, 7) is 6.59. The Morgan fingerprint density at radius 3 is 3.00 bits per heavy atom. The van der Waals surface area contributed by atoms with Gasteiger partial charge in [0.15, 0.2) is 0 Å². The zero-order valence-electron chi connectivity index (χ0n) is 10.5. The van der Waals surface area contributed by atoms with Crippen molar-refractivity contribution in [3.05, 3.63) is 29.8 Å². The molecule has 96 valence electrons. The highest BCUT2D eigenvalue weighted by molar-refractivity contribution is 5.85. The van der Waals surface area contributed by atoms with Gasteiger partial charge in [0.25, 0.3) is 0 Å². The first kappa shape index (κ1) is 14.3. The quantitative estimate of drug-likeness (QED) is 0.894. The number of hydrogen-bond acceptors (Lipinski definition) is 3. The Bertz CT molecular complexity index is 346. The Morgan fingerprint density at radius 1 is 1.47 bits per heavy atom. The van der Waals surface area contributed by atoms with Crippen molar-refractivity contribution < 1.29 is 4.74 Å². The molecule has 1 aromatic carbocycles. The van der Waals surface area contributed by atoms with Gasteiger partial charge >= 0.3 is 0 Å². The molecule has 1 aliphatic heterocycles. The summed E-state index contributed by atoms with van der Waals surface area (Å²) in [5.74, 6) is 0.945.